The molecule has 166 valence electrons. The zero-order chi connectivity index (χ0) is 23.3. The number of nitrogens with one attached hydrogen (secondary N) is 1. The summed E-state index contributed by atoms with van der Waals surface area (Å²) in [6.07, 6.45) is 2.40. The molecule has 0 saturated carbocycles. The maximum absolute atomic E-state index is 12.8. The number of primary amides is 1. The molecule has 0 saturated heterocycles. The van der Waals surface area contributed by atoms with E-state index in [1.54, 1.807) is 23.0 Å². The molecule has 2 amide bonds. The Morgan fingerprint density at radius 1 is 1.16 bits per heavy atom. The molecule has 9 nitrogen and oxygen atoms in total. The molecule has 0 fully saturated rings. The van der Waals surface area contributed by atoms with Crippen LogP contribution in [0.4, 0.5) is 5.69 Å². The van der Waals surface area contributed by atoms with Crippen molar-refractivity contribution in [1.29, 1.82) is 0 Å². The van der Waals surface area contributed by atoms with Gasteiger partial charge in [0.25, 0.3) is 5.69 Å². The zero-order valence-electron chi connectivity index (χ0n) is 17.9. The number of benzene rings is 2. The molecular formula is C23H25N5O4. The molecule has 2 atom stereocenters. The highest BCUT2D eigenvalue weighted by Crippen LogP contribution is 2.26. The molecule has 0 bridgehead atoms. The summed E-state index contributed by atoms with van der Waals surface area (Å²) >= 11 is 0. The molecular weight excluding hydrogens is 410 g/mol. The molecule has 3 rings (SSSR count). The summed E-state index contributed by atoms with van der Waals surface area (Å²) < 4.78 is 1.65. The van der Waals surface area contributed by atoms with E-state index in [1.807, 2.05) is 44.2 Å². The van der Waals surface area contributed by atoms with Crippen LogP contribution in [0.3, 0.4) is 0 Å². The van der Waals surface area contributed by atoms with E-state index in [2.05, 4.69) is 10.4 Å². The van der Waals surface area contributed by atoms with E-state index in [-0.39, 0.29) is 23.9 Å². The van der Waals surface area contributed by atoms with Gasteiger partial charge in [0, 0.05) is 29.5 Å². The first-order valence-corrected chi connectivity index (χ1v) is 10.3. The van der Waals surface area contributed by atoms with Gasteiger partial charge in [-0.3, -0.25) is 19.7 Å². The Morgan fingerprint density at radius 3 is 2.38 bits per heavy atom. The molecule has 0 spiro atoms. The van der Waals surface area contributed by atoms with Crippen molar-refractivity contribution in [2.24, 2.45) is 11.7 Å². The first kappa shape index (κ1) is 22.7. The smallest absolute Gasteiger partial charge is 0.269 e. The Morgan fingerprint density at radius 2 is 1.81 bits per heavy atom. The third-order valence-corrected chi connectivity index (χ3v) is 5.35. The number of carbonyl (C=O) groups is 2. The summed E-state index contributed by atoms with van der Waals surface area (Å²) in [4.78, 5) is 35.1. The van der Waals surface area contributed by atoms with Gasteiger partial charge in [0.2, 0.25) is 11.8 Å². The van der Waals surface area contributed by atoms with Gasteiger partial charge < -0.3 is 11.1 Å². The molecule has 9 heteroatoms. The van der Waals surface area contributed by atoms with Crippen molar-refractivity contribution < 1.29 is 14.5 Å². The number of nitrogens with two attached hydrogens (primary N) is 1. The first-order valence-electron chi connectivity index (χ1n) is 10.3. The lowest BCUT2D eigenvalue weighted by atomic mass is 9.98. The molecule has 3 aromatic rings. The maximum atomic E-state index is 12.8. The van der Waals surface area contributed by atoms with Gasteiger partial charge in [-0.25, -0.2) is 4.68 Å². The second-order valence-electron chi connectivity index (χ2n) is 7.60. The lowest BCUT2D eigenvalue weighted by molar-refractivity contribution is -0.384. The van der Waals surface area contributed by atoms with E-state index in [4.69, 9.17) is 5.73 Å². The second kappa shape index (κ2) is 9.86. The molecule has 0 aliphatic carbocycles. The minimum absolute atomic E-state index is 0.0284. The van der Waals surface area contributed by atoms with Crippen LogP contribution in [0.2, 0.25) is 0 Å². The summed E-state index contributed by atoms with van der Waals surface area (Å²) in [7, 11) is 0. The van der Waals surface area contributed by atoms with Gasteiger partial charge in [0.05, 0.1) is 22.7 Å². The minimum Gasteiger partial charge on any atom is -0.368 e. The van der Waals surface area contributed by atoms with Crippen LogP contribution in [0.15, 0.2) is 60.8 Å². The highest BCUT2D eigenvalue weighted by Gasteiger charge is 2.25. The highest BCUT2D eigenvalue weighted by molar-refractivity contribution is 5.88. The number of hydrogen-bond donors (Lipinski definition) is 2. The molecule has 1 aromatic heterocycles. The SMILES string of the molecule is CCC(C)C(NC(=O)Cc1cn(-c2ccccc2)nc1-c1ccc([N+](=O)[O-])cc1)C(N)=O. The number of amides is 2. The summed E-state index contributed by atoms with van der Waals surface area (Å²) in [6.45, 7) is 3.77. The lowest BCUT2D eigenvalue weighted by Gasteiger charge is -2.21. The fourth-order valence-electron chi connectivity index (χ4n) is 3.36. The van der Waals surface area contributed by atoms with Crippen LogP contribution in [0.5, 0.6) is 0 Å². The summed E-state index contributed by atoms with van der Waals surface area (Å²) in [5.74, 6) is -1.04. The van der Waals surface area contributed by atoms with E-state index < -0.39 is 16.9 Å². The molecule has 0 aliphatic heterocycles. The average Bonchev–Trinajstić information content (AvgIpc) is 3.21. The number of carbonyl (C=O) groups excluding carboxylic acids is 2. The molecule has 1 heterocycles. The van der Waals surface area contributed by atoms with Crippen molar-refractivity contribution in [3.05, 3.63) is 76.5 Å². The topological polar surface area (TPSA) is 133 Å². The Balaban J connectivity index is 1.94. The Hall–Kier alpha value is -4.01. The molecule has 0 aliphatic rings. The van der Waals surface area contributed by atoms with Gasteiger partial charge in [0.1, 0.15) is 6.04 Å². The van der Waals surface area contributed by atoms with Crippen LogP contribution in [-0.2, 0) is 16.0 Å². The van der Waals surface area contributed by atoms with Crippen LogP contribution in [0.25, 0.3) is 16.9 Å². The highest BCUT2D eigenvalue weighted by atomic mass is 16.6. The molecule has 2 unspecified atom stereocenters. The minimum atomic E-state index is -0.764. The lowest BCUT2D eigenvalue weighted by Crippen LogP contribution is -2.48. The summed E-state index contributed by atoms with van der Waals surface area (Å²) in [5.41, 5.74) is 8.02. The molecule has 3 N–H and O–H groups in total. The predicted molar refractivity (Wildman–Crippen MR) is 120 cm³/mol. The number of nitro benzene ring substituents is 1. The van der Waals surface area contributed by atoms with Gasteiger partial charge in [-0.15, -0.1) is 0 Å². The second-order valence-corrected chi connectivity index (χ2v) is 7.60. The van der Waals surface area contributed by atoms with Crippen LogP contribution < -0.4 is 11.1 Å². The van der Waals surface area contributed by atoms with E-state index in [0.717, 1.165) is 5.69 Å². The van der Waals surface area contributed by atoms with Gasteiger partial charge in [-0.05, 0) is 30.2 Å². The number of rotatable bonds is 9. The summed E-state index contributed by atoms with van der Waals surface area (Å²) in [6, 6.07) is 14.6. The predicted octanol–water partition coefficient (Wildman–Crippen LogP) is 3.01. The van der Waals surface area contributed by atoms with Crippen molar-refractivity contribution in [2.45, 2.75) is 32.7 Å². The van der Waals surface area contributed by atoms with Gasteiger partial charge >= 0.3 is 0 Å². The van der Waals surface area contributed by atoms with Crippen LogP contribution >= 0.6 is 0 Å². The number of nitro groups is 1. The standard InChI is InChI=1S/C23H25N5O4/c1-3-15(2)21(23(24)30)25-20(29)13-17-14-27(18-7-5-4-6-8-18)26-22(17)16-9-11-19(12-10-16)28(31)32/h4-12,14-15,21H,3,13H2,1-2H3,(H2,24,30)(H,25,29). The third kappa shape index (κ3) is 5.18. The quantitative estimate of drug-likeness (QED) is 0.394. The van der Waals surface area contributed by atoms with Crippen molar-refractivity contribution in [2.75, 3.05) is 0 Å². The Bertz CT molecular complexity index is 1110. The van der Waals surface area contributed by atoms with Crippen molar-refractivity contribution in [1.82, 2.24) is 15.1 Å². The van der Waals surface area contributed by atoms with E-state index >= 15 is 0 Å². The number of nitrogens with zero attached hydrogens (tertiary/aromatic N) is 3. The third-order valence-electron chi connectivity index (χ3n) is 5.35. The van der Waals surface area contributed by atoms with Crippen molar-refractivity contribution >= 4 is 17.5 Å². The van der Waals surface area contributed by atoms with Crippen molar-refractivity contribution in [3.8, 4) is 16.9 Å². The van der Waals surface area contributed by atoms with E-state index in [1.165, 1.54) is 12.1 Å². The fourth-order valence-corrected chi connectivity index (χ4v) is 3.36. The number of para-hydroxylation sites is 1. The Labute approximate surface area is 185 Å². The Kier molecular flexibility index (Phi) is 6.99. The molecule has 2 aromatic carbocycles. The van der Waals surface area contributed by atoms with Gasteiger partial charge in [-0.1, -0.05) is 38.5 Å². The van der Waals surface area contributed by atoms with Crippen LogP contribution in [0, 0.1) is 16.0 Å². The number of aromatic nitrogens is 2. The molecule has 32 heavy (non-hydrogen) atoms. The number of hydrogen-bond acceptors (Lipinski definition) is 5. The van der Waals surface area contributed by atoms with Gasteiger partial charge in [0.15, 0.2) is 0 Å². The fraction of sp³-hybridized carbons (Fsp3) is 0.261. The summed E-state index contributed by atoms with van der Waals surface area (Å²) in [5, 5.41) is 18.3. The average molecular weight is 435 g/mol. The van der Waals surface area contributed by atoms with Crippen molar-refractivity contribution in [3.63, 3.8) is 0 Å². The first-order chi connectivity index (χ1) is 15.3. The van der Waals surface area contributed by atoms with Gasteiger partial charge in [-0.2, -0.15) is 5.10 Å². The van der Waals surface area contributed by atoms with E-state index in [9.17, 15) is 19.7 Å². The largest absolute Gasteiger partial charge is 0.368 e. The number of non-ortho nitro benzene ring substituents is 1. The maximum Gasteiger partial charge on any atom is 0.269 e. The normalized spacial score (nSPS) is 12.7. The van der Waals surface area contributed by atoms with Crippen LogP contribution in [0.1, 0.15) is 25.8 Å². The monoisotopic (exact) mass is 435 g/mol. The van der Waals surface area contributed by atoms with E-state index in [0.29, 0.717) is 23.2 Å². The molecule has 0 radical (unpaired) electrons. The zero-order valence-corrected chi connectivity index (χ0v) is 17.9. The van der Waals surface area contributed by atoms with Crippen LogP contribution in [-0.4, -0.2) is 32.6 Å².